The number of amides is 1. The van der Waals surface area contributed by atoms with Crippen LogP contribution in [0.3, 0.4) is 0 Å². The Hall–Kier alpha value is -1.52. The number of nitrogen functional groups attached to an aromatic ring is 1. The lowest BCUT2D eigenvalue weighted by molar-refractivity contribution is 0.0999. The molecule has 10 heavy (non-hydrogen) atoms. The Balaban J connectivity index is 3.23. The Bertz CT molecular complexity index is 246. The number of aryl methyl sites for hydroxylation is 1. The first-order valence-electron chi connectivity index (χ1n) is 2.64. The van der Waals surface area contributed by atoms with Crippen molar-refractivity contribution in [1.82, 2.24) is 5.16 Å². The molecule has 0 aliphatic heterocycles. The van der Waals surface area contributed by atoms with Crippen LogP contribution in [0.1, 0.15) is 16.1 Å². The zero-order valence-electron chi connectivity index (χ0n) is 5.42. The molecule has 0 fully saturated rings. The molecule has 0 bridgehead atoms. The van der Waals surface area contributed by atoms with Crippen molar-refractivity contribution in [3.8, 4) is 0 Å². The van der Waals surface area contributed by atoms with Crippen LogP contribution >= 0.6 is 0 Å². The number of nitrogens with zero attached hydrogens (tertiary/aromatic N) is 1. The predicted octanol–water partition coefficient (Wildman–Crippen LogP) is -0.336. The zero-order valence-corrected chi connectivity index (χ0v) is 5.42. The third-order valence-corrected chi connectivity index (χ3v) is 1.14. The van der Waals surface area contributed by atoms with E-state index in [1.165, 1.54) is 0 Å². The maximum absolute atomic E-state index is 10.5. The second kappa shape index (κ2) is 2.02. The van der Waals surface area contributed by atoms with Gasteiger partial charge >= 0.3 is 0 Å². The van der Waals surface area contributed by atoms with Gasteiger partial charge in [0.1, 0.15) is 11.3 Å². The number of carbonyl (C=O) groups is 1. The molecule has 1 aromatic rings. The molecule has 0 spiro atoms. The van der Waals surface area contributed by atoms with Crippen LogP contribution in [0, 0.1) is 6.92 Å². The van der Waals surface area contributed by atoms with Crippen LogP contribution in [0.25, 0.3) is 0 Å². The summed E-state index contributed by atoms with van der Waals surface area (Å²) in [5.74, 6) is -0.216. The van der Waals surface area contributed by atoms with Crippen LogP contribution < -0.4 is 11.5 Å². The minimum absolute atomic E-state index is 0.0463. The lowest BCUT2D eigenvalue weighted by Gasteiger charge is -1.88. The average Bonchev–Trinajstić information content (AvgIpc) is 2.11. The van der Waals surface area contributed by atoms with E-state index in [1.54, 1.807) is 6.92 Å². The highest BCUT2D eigenvalue weighted by Crippen LogP contribution is 2.12. The topological polar surface area (TPSA) is 95.1 Å². The van der Waals surface area contributed by atoms with Gasteiger partial charge < -0.3 is 16.0 Å². The molecule has 1 heterocycles. The molecule has 0 aliphatic carbocycles. The summed E-state index contributed by atoms with van der Waals surface area (Å²) in [5, 5.41) is 3.34. The molecule has 0 aromatic carbocycles. The van der Waals surface area contributed by atoms with Gasteiger partial charge in [0.2, 0.25) is 0 Å². The molecule has 5 heteroatoms. The van der Waals surface area contributed by atoms with Crippen LogP contribution in [0.5, 0.6) is 0 Å². The molecule has 0 radical (unpaired) electrons. The molecule has 1 amide bonds. The summed E-state index contributed by atoms with van der Waals surface area (Å²) in [4.78, 5) is 10.5. The van der Waals surface area contributed by atoms with Crippen LogP contribution in [-0.2, 0) is 0 Å². The number of rotatable bonds is 1. The van der Waals surface area contributed by atoms with Gasteiger partial charge in [-0.15, -0.1) is 0 Å². The van der Waals surface area contributed by atoms with Gasteiger partial charge in [-0.25, -0.2) is 0 Å². The summed E-state index contributed by atoms with van der Waals surface area (Å²) in [5.41, 5.74) is 10.3. The molecule has 0 aliphatic rings. The number of hydrogen-bond acceptors (Lipinski definition) is 4. The number of nitrogens with two attached hydrogens (primary N) is 2. The fourth-order valence-electron chi connectivity index (χ4n) is 0.689. The van der Waals surface area contributed by atoms with E-state index in [4.69, 9.17) is 11.5 Å². The molecular weight excluding hydrogens is 134 g/mol. The average molecular weight is 141 g/mol. The second-order valence-electron chi connectivity index (χ2n) is 1.86. The quantitative estimate of drug-likeness (QED) is 0.559. The fourth-order valence-corrected chi connectivity index (χ4v) is 0.689. The highest BCUT2D eigenvalue weighted by molar-refractivity contribution is 5.97. The van der Waals surface area contributed by atoms with Gasteiger partial charge in [-0.2, -0.15) is 0 Å². The van der Waals surface area contributed by atoms with Crippen LogP contribution in [-0.4, -0.2) is 11.1 Å². The van der Waals surface area contributed by atoms with Crippen LogP contribution in [0.2, 0.25) is 0 Å². The summed E-state index contributed by atoms with van der Waals surface area (Å²) >= 11 is 0. The van der Waals surface area contributed by atoms with Crippen molar-refractivity contribution in [2.24, 2.45) is 5.73 Å². The van der Waals surface area contributed by atoms with Gasteiger partial charge in [0.15, 0.2) is 5.82 Å². The first kappa shape index (κ1) is 6.60. The fraction of sp³-hybridized carbons (Fsp3) is 0.200. The van der Waals surface area contributed by atoms with Gasteiger partial charge in [-0.05, 0) is 6.92 Å². The third kappa shape index (κ3) is 0.812. The Morgan fingerprint density at radius 3 is 2.50 bits per heavy atom. The number of carbonyl (C=O) groups excluding carboxylic acids is 1. The van der Waals surface area contributed by atoms with E-state index in [0.717, 1.165) is 0 Å². The smallest absolute Gasteiger partial charge is 0.256 e. The number of aromatic nitrogens is 1. The maximum Gasteiger partial charge on any atom is 0.256 e. The monoisotopic (exact) mass is 141 g/mol. The SMILES string of the molecule is Cc1onc(N)c1C(N)=O. The molecule has 4 N–H and O–H groups in total. The second-order valence-corrected chi connectivity index (χ2v) is 1.86. The van der Waals surface area contributed by atoms with Gasteiger partial charge in [0.05, 0.1) is 0 Å². The van der Waals surface area contributed by atoms with Crippen molar-refractivity contribution in [3.63, 3.8) is 0 Å². The van der Waals surface area contributed by atoms with Gasteiger partial charge in [-0.3, -0.25) is 4.79 Å². The molecular formula is C5H7N3O2. The summed E-state index contributed by atoms with van der Waals surface area (Å²) in [6.07, 6.45) is 0. The summed E-state index contributed by atoms with van der Waals surface area (Å²) in [6.45, 7) is 1.57. The molecule has 1 aromatic heterocycles. The van der Waals surface area contributed by atoms with E-state index in [1.807, 2.05) is 0 Å². The predicted molar refractivity (Wildman–Crippen MR) is 34.2 cm³/mol. The van der Waals surface area contributed by atoms with E-state index in [9.17, 15) is 4.79 Å². The highest BCUT2D eigenvalue weighted by Gasteiger charge is 2.14. The molecule has 0 saturated heterocycles. The highest BCUT2D eigenvalue weighted by atomic mass is 16.5. The lowest BCUT2D eigenvalue weighted by Crippen LogP contribution is -2.13. The normalized spacial score (nSPS) is 9.70. The van der Waals surface area contributed by atoms with E-state index < -0.39 is 5.91 Å². The molecule has 54 valence electrons. The van der Waals surface area contributed by atoms with E-state index in [-0.39, 0.29) is 11.4 Å². The van der Waals surface area contributed by atoms with Crippen molar-refractivity contribution >= 4 is 11.7 Å². The number of hydrogen-bond donors (Lipinski definition) is 2. The van der Waals surface area contributed by atoms with Gasteiger partial charge in [-0.1, -0.05) is 5.16 Å². The minimum Gasteiger partial charge on any atom is -0.380 e. The standard InChI is InChI=1S/C5H7N3O2/c1-2-3(5(7)9)4(6)8-10-2/h1H3,(H2,6,8)(H2,7,9). The van der Waals surface area contributed by atoms with Gasteiger partial charge in [0, 0.05) is 0 Å². The summed E-state index contributed by atoms with van der Waals surface area (Å²) in [6, 6.07) is 0. The lowest BCUT2D eigenvalue weighted by atomic mass is 10.2. The summed E-state index contributed by atoms with van der Waals surface area (Å²) < 4.78 is 4.58. The van der Waals surface area contributed by atoms with E-state index in [0.29, 0.717) is 5.76 Å². The first-order valence-corrected chi connectivity index (χ1v) is 2.64. The van der Waals surface area contributed by atoms with Crippen molar-refractivity contribution in [1.29, 1.82) is 0 Å². The first-order chi connectivity index (χ1) is 4.63. The van der Waals surface area contributed by atoms with E-state index in [2.05, 4.69) is 9.68 Å². The Morgan fingerprint density at radius 2 is 2.30 bits per heavy atom. The molecule has 0 atom stereocenters. The number of primary amides is 1. The molecule has 1 rings (SSSR count). The van der Waals surface area contributed by atoms with E-state index >= 15 is 0 Å². The largest absolute Gasteiger partial charge is 0.380 e. The molecule has 5 nitrogen and oxygen atoms in total. The Labute approximate surface area is 57.0 Å². The Kier molecular flexibility index (Phi) is 1.33. The van der Waals surface area contributed by atoms with Crippen LogP contribution in [0.15, 0.2) is 4.52 Å². The van der Waals surface area contributed by atoms with Crippen molar-refractivity contribution in [2.45, 2.75) is 6.92 Å². The maximum atomic E-state index is 10.5. The van der Waals surface area contributed by atoms with Crippen molar-refractivity contribution in [3.05, 3.63) is 11.3 Å². The zero-order chi connectivity index (χ0) is 7.72. The van der Waals surface area contributed by atoms with Crippen molar-refractivity contribution in [2.75, 3.05) is 5.73 Å². The molecule has 0 unspecified atom stereocenters. The third-order valence-electron chi connectivity index (χ3n) is 1.14. The van der Waals surface area contributed by atoms with Crippen LogP contribution in [0.4, 0.5) is 5.82 Å². The van der Waals surface area contributed by atoms with Gasteiger partial charge in [0.25, 0.3) is 5.91 Å². The summed E-state index contributed by atoms with van der Waals surface area (Å²) in [7, 11) is 0. The Morgan fingerprint density at radius 1 is 1.70 bits per heavy atom. The minimum atomic E-state index is -0.615. The number of anilines is 1. The molecule has 0 saturated carbocycles. The van der Waals surface area contributed by atoms with Crippen molar-refractivity contribution < 1.29 is 9.32 Å².